The molecule has 0 radical (unpaired) electrons. The number of pyridine rings is 1. The van der Waals surface area contributed by atoms with E-state index in [-0.39, 0.29) is 11.9 Å². The second-order valence-electron chi connectivity index (χ2n) is 4.62. The lowest BCUT2D eigenvalue weighted by molar-refractivity contribution is 0.0736. The number of halogens is 1. The number of carbonyl (C=O) groups excluding carboxylic acids is 1. The zero-order valence-corrected chi connectivity index (χ0v) is 12.1. The molecular formula is C15H16ClN3O. The molecule has 0 bridgehead atoms. The van der Waals surface area contributed by atoms with E-state index in [0.717, 1.165) is 5.56 Å². The van der Waals surface area contributed by atoms with E-state index in [1.54, 1.807) is 24.1 Å². The van der Waals surface area contributed by atoms with Crippen LogP contribution < -0.4 is 5.73 Å². The SMILES string of the molecule is CC(c1cccc(N)c1)N(C)C(=O)c1ccc(Cl)cn1. The Morgan fingerprint density at radius 1 is 1.35 bits per heavy atom. The van der Waals surface area contributed by atoms with Gasteiger partial charge in [0, 0.05) is 18.9 Å². The van der Waals surface area contributed by atoms with E-state index in [1.807, 2.05) is 31.2 Å². The van der Waals surface area contributed by atoms with E-state index in [0.29, 0.717) is 16.4 Å². The van der Waals surface area contributed by atoms with Crippen molar-refractivity contribution >= 4 is 23.2 Å². The molecule has 1 heterocycles. The fourth-order valence-corrected chi connectivity index (χ4v) is 2.01. The lowest BCUT2D eigenvalue weighted by Crippen LogP contribution is -2.30. The lowest BCUT2D eigenvalue weighted by Gasteiger charge is -2.25. The Bertz CT molecular complexity index is 613. The van der Waals surface area contributed by atoms with Crippen molar-refractivity contribution in [1.82, 2.24) is 9.88 Å². The first-order valence-corrected chi connectivity index (χ1v) is 6.61. The third-order valence-corrected chi connectivity index (χ3v) is 3.46. The summed E-state index contributed by atoms with van der Waals surface area (Å²) in [5.41, 5.74) is 7.80. The van der Waals surface area contributed by atoms with Gasteiger partial charge in [0.15, 0.2) is 0 Å². The number of carbonyl (C=O) groups is 1. The number of amides is 1. The Balaban J connectivity index is 2.20. The van der Waals surface area contributed by atoms with Gasteiger partial charge in [-0.15, -0.1) is 0 Å². The average Bonchev–Trinajstić information content (AvgIpc) is 2.46. The highest BCUT2D eigenvalue weighted by Crippen LogP contribution is 2.22. The number of benzene rings is 1. The first kappa shape index (κ1) is 14.3. The summed E-state index contributed by atoms with van der Waals surface area (Å²) in [4.78, 5) is 18.0. The maximum atomic E-state index is 12.3. The van der Waals surface area contributed by atoms with Crippen LogP contribution in [-0.4, -0.2) is 22.8 Å². The molecule has 2 aromatic rings. The molecule has 0 fully saturated rings. The van der Waals surface area contributed by atoms with Crippen molar-refractivity contribution < 1.29 is 4.79 Å². The van der Waals surface area contributed by atoms with Crippen molar-refractivity contribution in [3.63, 3.8) is 0 Å². The van der Waals surface area contributed by atoms with Gasteiger partial charge in [-0.3, -0.25) is 4.79 Å². The lowest BCUT2D eigenvalue weighted by atomic mass is 10.1. The predicted molar refractivity (Wildman–Crippen MR) is 80.6 cm³/mol. The molecule has 0 saturated carbocycles. The summed E-state index contributed by atoms with van der Waals surface area (Å²) in [5, 5.41) is 0.507. The van der Waals surface area contributed by atoms with E-state index >= 15 is 0 Å². The Labute approximate surface area is 123 Å². The molecule has 2 rings (SSSR count). The molecule has 2 N–H and O–H groups in total. The maximum absolute atomic E-state index is 12.3. The van der Waals surface area contributed by atoms with Crippen LogP contribution >= 0.6 is 11.6 Å². The number of nitrogen functional groups attached to an aromatic ring is 1. The van der Waals surface area contributed by atoms with Crippen molar-refractivity contribution in [2.75, 3.05) is 12.8 Å². The molecule has 0 saturated heterocycles. The van der Waals surface area contributed by atoms with Crippen LogP contribution in [0.25, 0.3) is 0 Å². The van der Waals surface area contributed by atoms with Gasteiger partial charge in [-0.25, -0.2) is 4.98 Å². The number of nitrogens with two attached hydrogens (primary N) is 1. The summed E-state index contributed by atoms with van der Waals surface area (Å²) in [6, 6.07) is 10.7. The van der Waals surface area contributed by atoms with Gasteiger partial charge in [0.25, 0.3) is 5.91 Å². The molecule has 0 spiro atoms. The summed E-state index contributed by atoms with van der Waals surface area (Å²) in [6.07, 6.45) is 1.47. The number of rotatable bonds is 3. The van der Waals surface area contributed by atoms with Crippen LogP contribution in [0.1, 0.15) is 29.0 Å². The standard InChI is InChI=1S/C15H16ClN3O/c1-10(11-4-3-5-13(17)8-11)19(2)15(20)14-7-6-12(16)9-18-14/h3-10H,17H2,1-2H3. The van der Waals surface area contributed by atoms with E-state index in [4.69, 9.17) is 17.3 Å². The van der Waals surface area contributed by atoms with Gasteiger partial charge < -0.3 is 10.6 Å². The van der Waals surface area contributed by atoms with Crippen molar-refractivity contribution in [2.45, 2.75) is 13.0 Å². The number of hydrogen-bond acceptors (Lipinski definition) is 3. The van der Waals surface area contributed by atoms with Gasteiger partial charge in [-0.2, -0.15) is 0 Å². The van der Waals surface area contributed by atoms with Crippen LogP contribution in [0.15, 0.2) is 42.6 Å². The zero-order valence-electron chi connectivity index (χ0n) is 11.4. The Kier molecular flexibility index (Phi) is 4.25. The van der Waals surface area contributed by atoms with E-state index in [9.17, 15) is 4.79 Å². The quantitative estimate of drug-likeness (QED) is 0.883. The summed E-state index contributed by atoms with van der Waals surface area (Å²) < 4.78 is 0. The van der Waals surface area contributed by atoms with Crippen LogP contribution in [0, 0.1) is 0 Å². The number of aromatic nitrogens is 1. The number of anilines is 1. The largest absolute Gasteiger partial charge is 0.399 e. The Hall–Kier alpha value is -2.07. The molecule has 1 amide bonds. The normalized spacial score (nSPS) is 11.9. The summed E-state index contributed by atoms with van der Waals surface area (Å²) >= 11 is 5.77. The summed E-state index contributed by atoms with van der Waals surface area (Å²) in [5.74, 6) is -0.156. The van der Waals surface area contributed by atoms with Gasteiger partial charge in [-0.1, -0.05) is 23.7 Å². The maximum Gasteiger partial charge on any atom is 0.272 e. The Morgan fingerprint density at radius 2 is 2.10 bits per heavy atom. The van der Waals surface area contributed by atoms with Crippen LogP contribution in [0.5, 0.6) is 0 Å². The second-order valence-corrected chi connectivity index (χ2v) is 5.06. The molecular weight excluding hydrogens is 274 g/mol. The fraction of sp³-hybridized carbons (Fsp3) is 0.200. The smallest absolute Gasteiger partial charge is 0.272 e. The van der Waals surface area contributed by atoms with E-state index in [1.165, 1.54) is 6.20 Å². The van der Waals surface area contributed by atoms with Gasteiger partial charge in [0.05, 0.1) is 11.1 Å². The topological polar surface area (TPSA) is 59.2 Å². The predicted octanol–water partition coefficient (Wildman–Crippen LogP) is 3.15. The summed E-state index contributed by atoms with van der Waals surface area (Å²) in [7, 11) is 1.74. The van der Waals surface area contributed by atoms with Crippen molar-refractivity contribution in [3.05, 3.63) is 58.9 Å². The molecule has 104 valence electrons. The van der Waals surface area contributed by atoms with Gasteiger partial charge >= 0.3 is 0 Å². The second kappa shape index (κ2) is 5.92. The molecule has 20 heavy (non-hydrogen) atoms. The first-order chi connectivity index (χ1) is 9.49. The van der Waals surface area contributed by atoms with Crippen molar-refractivity contribution in [1.29, 1.82) is 0 Å². The summed E-state index contributed by atoms with van der Waals surface area (Å²) in [6.45, 7) is 1.95. The zero-order chi connectivity index (χ0) is 14.7. The van der Waals surface area contributed by atoms with Gasteiger partial charge in [0.1, 0.15) is 5.69 Å². The molecule has 4 nitrogen and oxygen atoms in total. The molecule has 1 unspecified atom stereocenters. The fourth-order valence-electron chi connectivity index (χ4n) is 1.90. The molecule has 1 aromatic heterocycles. The minimum absolute atomic E-state index is 0.0940. The van der Waals surface area contributed by atoms with Crippen LogP contribution in [-0.2, 0) is 0 Å². The molecule has 0 aliphatic carbocycles. The van der Waals surface area contributed by atoms with Crippen LogP contribution in [0.2, 0.25) is 5.02 Å². The third kappa shape index (κ3) is 3.08. The number of hydrogen-bond donors (Lipinski definition) is 1. The highest BCUT2D eigenvalue weighted by Gasteiger charge is 2.19. The molecule has 1 aromatic carbocycles. The monoisotopic (exact) mass is 289 g/mol. The minimum atomic E-state index is -0.156. The van der Waals surface area contributed by atoms with Crippen LogP contribution in [0.3, 0.4) is 0 Å². The molecule has 0 aliphatic heterocycles. The molecule has 5 heteroatoms. The first-order valence-electron chi connectivity index (χ1n) is 6.23. The van der Waals surface area contributed by atoms with Crippen molar-refractivity contribution in [3.8, 4) is 0 Å². The van der Waals surface area contributed by atoms with Gasteiger partial charge in [-0.05, 0) is 36.8 Å². The third-order valence-electron chi connectivity index (χ3n) is 3.24. The highest BCUT2D eigenvalue weighted by molar-refractivity contribution is 6.30. The Morgan fingerprint density at radius 3 is 2.70 bits per heavy atom. The van der Waals surface area contributed by atoms with Crippen molar-refractivity contribution in [2.24, 2.45) is 0 Å². The highest BCUT2D eigenvalue weighted by atomic mass is 35.5. The van der Waals surface area contributed by atoms with Crippen LogP contribution in [0.4, 0.5) is 5.69 Å². The molecule has 0 aliphatic rings. The van der Waals surface area contributed by atoms with E-state index in [2.05, 4.69) is 4.98 Å². The number of nitrogens with zero attached hydrogens (tertiary/aromatic N) is 2. The average molecular weight is 290 g/mol. The van der Waals surface area contributed by atoms with Gasteiger partial charge in [0.2, 0.25) is 0 Å². The van der Waals surface area contributed by atoms with E-state index < -0.39 is 0 Å². The molecule has 1 atom stereocenters. The minimum Gasteiger partial charge on any atom is -0.399 e.